The quantitative estimate of drug-likeness (QED) is 0.447. The molecule has 74 valence electrons. The van der Waals surface area contributed by atoms with Gasteiger partial charge in [-0.1, -0.05) is 19.8 Å². The zero-order valence-electron chi connectivity index (χ0n) is 7.53. The van der Waals surface area contributed by atoms with Crippen LogP contribution in [0.2, 0.25) is 0 Å². The summed E-state index contributed by atoms with van der Waals surface area (Å²) in [7, 11) is 0. The predicted octanol–water partition coefficient (Wildman–Crippen LogP) is 3.86. The summed E-state index contributed by atoms with van der Waals surface area (Å²) < 4.78 is 11.8. The molecule has 1 atom stereocenters. The van der Waals surface area contributed by atoms with E-state index in [2.05, 4.69) is 6.92 Å². The molecule has 3 heteroatoms. The van der Waals surface area contributed by atoms with Crippen LogP contribution in [0.5, 0.6) is 0 Å². The van der Waals surface area contributed by atoms with Crippen molar-refractivity contribution in [2.75, 3.05) is 18.4 Å². The molecule has 0 radical (unpaired) electrons. The smallest absolute Gasteiger partial charge is 0.0894 e. The van der Waals surface area contributed by atoms with Gasteiger partial charge >= 0.3 is 0 Å². The summed E-state index contributed by atoms with van der Waals surface area (Å²) in [6, 6.07) is 0. The predicted molar refractivity (Wildman–Crippen MR) is 53.9 cm³/mol. The zero-order valence-corrected chi connectivity index (χ0v) is 9.04. The van der Waals surface area contributed by atoms with Crippen LogP contribution >= 0.6 is 23.2 Å². The number of unbranched alkanes of at least 4 members (excludes halogenated alkanes) is 1. The van der Waals surface area contributed by atoms with Gasteiger partial charge in [0.25, 0.3) is 0 Å². The summed E-state index contributed by atoms with van der Waals surface area (Å²) in [5.74, 6) is 2.13. The molecule has 0 saturated heterocycles. The van der Waals surface area contributed by atoms with E-state index < -0.39 is 0 Å². The first kappa shape index (κ1) is 12.5. The zero-order chi connectivity index (χ0) is 9.40. The Balaban J connectivity index is 3.47. The first-order chi connectivity index (χ1) is 5.76. The number of alkyl halides is 3. The van der Waals surface area contributed by atoms with E-state index in [1.54, 1.807) is 0 Å². The normalized spacial score (nSPS) is 13.8. The number of halogens is 3. The van der Waals surface area contributed by atoms with Crippen LogP contribution in [0.1, 0.15) is 26.2 Å². The number of rotatable bonds is 7. The highest BCUT2D eigenvalue weighted by Crippen LogP contribution is 2.20. The fourth-order valence-electron chi connectivity index (χ4n) is 1.14. The van der Waals surface area contributed by atoms with Gasteiger partial charge in [-0.2, -0.15) is 0 Å². The van der Waals surface area contributed by atoms with Crippen molar-refractivity contribution in [3.63, 3.8) is 0 Å². The van der Waals surface area contributed by atoms with E-state index in [0.717, 1.165) is 12.8 Å². The maximum atomic E-state index is 11.8. The maximum Gasteiger partial charge on any atom is 0.0894 e. The van der Waals surface area contributed by atoms with Crippen molar-refractivity contribution in [3.8, 4) is 0 Å². The molecule has 0 spiro atoms. The summed E-state index contributed by atoms with van der Waals surface area (Å²) in [4.78, 5) is 0. The Hall–Kier alpha value is 0.510. The van der Waals surface area contributed by atoms with E-state index in [-0.39, 0.29) is 6.67 Å². The molecule has 0 bridgehead atoms. The second-order valence-electron chi connectivity index (χ2n) is 3.23. The van der Waals surface area contributed by atoms with E-state index >= 15 is 0 Å². The van der Waals surface area contributed by atoms with E-state index in [1.807, 2.05) is 0 Å². The third-order valence-electron chi connectivity index (χ3n) is 2.24. The average molecular weight is 215 g/mol. The molecule has 0 aliphatic carbocycles. The molecule has 0 fully saturated rings. The molecule has 0 aliphatic heterocycles. The molecule has 0 saturated carbocycles. The van der Waals surface area contributed by atoms with Crippen LogP contribution < -0.4 is 0 Å². The Labute approximate surface area is 84.4 Å². The van der Waals surface area contributed by atoms with Crippen molar-refractivity contribution in [3.05, 3.63) is 0 Å². The fraction of sp³-hybridized carbons (Fsp3) is 1.00. The van der Waals surface area contributed by atoms with Gasteiger partial charge in [0.15, 0.2) is 0 Å². The highest BCUT2D eigenvalue weighted by molar-refractivity contribution is 6.20. The lowest BCUT2D eigenvalue weighted by Gasteiger charge is -2.18. The molecule has 0 amide bonds. The lowest BCUT2D eigenvalue weighted by atomic mass is 9.92. The minimum atomic E-state index is -0.209. The Morgan fingerprint density at radius 2 is 1.75 bits per heavy atom. The molecule has 12 heavy (non-hydrogen) atoms. The van der Waals surface area contributed by atoms with Crippen LogP contribution in [0, 0.1) is 11.8 Å². The van der Waals surface area contributed by atoms with Gasteiger partial charge in [-0.05, 0) is 18.3 Å². The molecule has 1 unspecified atom stereocenters. The van der Waals surface area contributed by atoms with E-state index in [9.17, 15) is 4.39 Å². The Morgan fingerprint density at radius 1 is 1.17 bits per heavy atom. The first-order valence-electron chi connectivity index (χ1n) is 4.44. The molecule has 0 aromatic carbocycles. The third-order valence-corrected chi connectivity index (χ3v) is 3.04. The Bertz CT molecular complexity index is 94.5. The summed E-state index contributed by atoms with van der Waals surface area (Å²) in [5.41, 5.74) is 0. The molecule has 0 aromatic heterocycles. The molecule has 0 heterocycles. The topological polar surface area (TPSA) is 0 Å². The van der Waals surface area contributed by atoms with Crippen molar-refractivity contribution in [2.45, 2.75) is 26.2 Å². The van der Waals surface area contributed by atoms with E-state index in [1.165, 1.54) is 0 Å². The lowest BCUT2D eigenvalue weighted by molar-refractivity contribution is 0.367. The molecule has 0 N–H and O–H groups in total. The van der Waals surface area contributed by atoms with Crippen molar-refractivity contribution < 1.29 is 4.39 Å². The van der Waals surface area contributed by atoms with Crippen molar-refractivity contribution >= 4 is 23.2 Å². The van der Waals surface area contributed by atoms with Crippen molar-refractivity contribution in [1.29, 1.82) is 0 Å². The van der Waals surface area contributed by atoms with Crippen LogP contribution in [0.4, 0.5) is 4.39 Å². The maximum absolute atomic E-state index is 11.8. The monoisotopic (exact) mass is 214 g/mol. The number of hydrogen-bond donors (Lipinski definition) is 0. The molecule has 0 nitrogen and oxygen atoms in total. The van der Waals surface area contributed by atoms with Crippen LogP contribution in [-0.2, 0) is 0 Å². The minimum absolute atomic E-state index is 0.209. The fourth-order valence-corrected chi connectivity index (χ4v) is 2.08. The third kappa shape index (κ3) is 5.21. The van der Waals surface area contributed by atoms with Gasteiger partial charge in [-0.3, -0.25) is 4.39 Å². The van der Waals surface area contributed by atoms with Gasteiger partial charge in [-0.15, -0.1) is 23.2 Å². The standard InChI is InChI=1S/C9H17Cl2F/c1-8(4-2-3-5-12)9(6-10)7-11/h8-9H,2-7H2,1H3. The molecular weight excluding hydrogens is 198 g/mol. The summed E-state index contributed by atoms with van der Waals surface area (Å²) in [5, 5.41) is 0. The van der Waals surface area contributed by atoms with Crippen molar-refractivity contribution in [2.24, 2.45) is 11.8 Å². The van der Waals surface area contributed by atoms with Crippen LogP contribution in [0.25, 0.3) is 0 Å². The highest BCUT2D eigenvalue weighted by Gasteiger charge is 2.14. The van der Waals surface area contributed by atoms with Gasteiger partial charge in [0.2, 0.25) is 0 Å². The summed E-state index contributed by atoms with van der Waals surface area (Å²) in [6.45, 7) is 1.92. The Kier molecular flexibility index (Phi) is 8.47. The lowest BCUT2D eigenvalue weighted by Crippen LogP contribution is -2.15. The Morgan fingerprint density at radius 3 is 2.17 bits per heavy atom. The molecule has 0 rings (SSSR count). The SMILES string of the molecule is CC(CCCCF)C(CCl)CCl. The summed E-state index contributed by atoms with van der Waals surface area (Å²) >= 11 is 11.4. The van der Waals surface area contributed by atoms with Gasteiger partial charge in [0.1, 0.15) is 0 Å². The van der Waals surface area contributed by atoms with Crippen LogP contribution in [-0.4, -0.2) is 18.4 Å². The van der Waals surface area contributed by atoms with Gasteiger partial charge in [-0.25, -0.2) is 0 Å². The van der Waals surface area contributed by atoms with Gasteiger partial charge in [0.05, 0.1) is 6.67 Å². The molecular formula is C9H17Cl2F. The van der Waals surface area contributed by atoms with E-state index in [4.69, 9.17) is 23.2 Å². The molecule has 0 aromatic rings. The van der Waals surface area contributed by atoms with Crippen molar-refractivity contribution in [1.82, 2.24) is 0 Å². The van der Waals surface area contributed by atoms with Gasteiger partial charge in [0, 0.05) is 11.8 Å². The highest BCUT2D eigenvalue weighted by atomic mass is 35.5. The van der Waals surface area contributed by atoms with Crippen LogP contribution in [0.15, 0.2) is 0 Å². The largest absolute Gasteiger partial charge is 0.251 e. The molecule has 0 aliphatic rings. The van der Waals surface area contributed by atoms with E-state index in [0.29, 0.717) is 30.0 Å². The van der Waals surface area contributed by atoms with Gasteiger partial charge < -0.3 is 0 Å². The van der Waals surface area contributed by atoms with Crippen LogP contribution in [0.3, 0.4) is 0 Å². The second-order valence-corrected chi connectivity index (χ2v) is 3.85. The minimum Gasteiger partial charge on any atom is -0.251 e. The average Bonchev–Trinajstić information content (AvgIpc) is 2.07. The first-order valence-corrected chi connectivity index (χ1v) is 5.51. The summed E-state index contributed by atoms with van der Waals surface area (Å²) in [6.07, 6.45) is 2.65. The number of hydrogen-bond acceptors (Lipinski definition) is 0. The second kappa shape index (κ2) is 8.12.